The Morgan fingerprint density at radius 2 is 2.24 bits per heavy atom. The van der Waals surface area contributed by atoms with Gasteiger partial charge in [0.25, 0.3) is 0 Å². The summed E-state index contributed by atoms with van der Waals surface area (Å²) in [5, 5.41) is 0.929. The largest absolute Gasteiger partial charge is 0.491 e. The molecule has 0 saturated carbocycles. The highest BCUT2D eigenvalue weighted by atomic mass is 16.5. The van der Waals surface area contributed by atoms with Gasteiger partial charge in [-0.1, -0.05) is 6.92 Å². The van der Waals surface area contributed by atoms with Crippen LogP contribution >= 0.6 is 0 Å². The summed E-state index contributed by atoms with van der Waals surface area (Å²) in [6.07, 6.45) is 2.04. The number of nitrogens with one attached hydrogen (secondary N) is 1. The van der Waals surface area contributed by atoms with Gasteiger partial charge in [-0.05, 0) is 38.5 Å². The van der Waals surface area contributed by atoms with Gasteiger partial charge in [-0.2, -0.15) is 0 Å². The van der Waals surface area contributed by atoms with E-state index in [0.29, 0.717) is 0 Å². The van der Waals surface area contributed by atoms with Crippen molar-refractivity contribution in [3.8, 4) is 5.75 Å². The predicted octanol–water partition coefficient (Wildman–Crippen LogP) is 3.47. The first-order valence-corrected chi connectivity index (χ1v) is 5.89. The molecule has 2 rings (SSSR count). The minimum absolute atomic E-state index is 0.187. The highest BCUT2D eigenvalue weighted by molar-refractivity contribution is 5.99. The van der Waals surface area contributed by atoms with Crippen LogP contribution in [-0.2, 0) is 0 Å². The summed E-state index contributed by atoms with van der Waals surface area (Å²) >= 11 is 0. The quantitative estimate of drug-likeness (QED) is 0.819. The van der Waals surface area contributed by atoms with Crippen molar-refractivity contribution in [2.24, 2.45) is 0 Å². The normalized spacial score (nSPS) is 12.6. The lowest BCUT2D eigenvalue weighted by atomic mass is 10.1. The second-order valence-corrected chi connectivity index (χ2v) is 4.33. The third-order valence-corrected chi connectivity index (χ3v) is 3.04. The Kier molecular flexibility index (Phi) is 3.18. The van der Waals surface area contributed by atoms with Gasteiger partial charge in [0.05, 0.1) is 6.10 Å². The summed E-state index contributed by atoms with van der Waals surface area (Å²) in [4.78, 5) is 14.2. The number of aldehydes is 1. The van der Waals surface area contributed by atoms with E-state index in [9.17, 15) is 4.79 Å². The smallest absolute Gasteiger partial charge is 0.152 e. The number of aromatic nitrogens is 1. The molecule has 0 fully saturated rings. The number of rotatable bonds is 4. The monoisotopic (exact) mass is 231 g/mol. The fourth-order valence-corrected chi connectivity index (χ4v) is 1.87. The van der Waals surface area contributed by atoms with Crippen LogP contribution in [0.4, 0.5) is 0 Å². The van der Waals surface area contributed by atoms with Crippen LogP contribution in [0.25, 0.3) is 10.9 Å². The zero-order valence-electron chi connectivity index (χ0n) is 10.4. The van der Waals surface area contributed by atoms with Gasteiger partial charge in [-0.15, -0.1) is 0 Å². The van der Waals surface area contributed by atoms with Crippen molar-refractivity contribution in [2.45, 2.75) is 33.3 Å². The second kappa shape index (κ2) is 4.62. The third-order valence-electron chi connectivity index (χ3n) is 3.04. The van der Waals surface area contributed by atoms with E-state index >= 15 is 0 Å². The Morgan fingerprint density at radius 3 is 2.88 bits per heavy atom. The second-order valence-electron chi connectivity index (χ2n) is 4.33. The lowest BCUT2D eigenvalue weighted by molar-refractivity contribution is 0.112. The topological polar surface area (TPSA) is 42.1 Å². The highest BCUT2D eigenvalue weighted by Crippen LogP contribution is 2.26. The maximum absolute atomic E-state index is 11.0. The van der Waals surface area contributed by atoms with E-state index in [1.54, 1.807) is 0 Å². The molecular weight excluding hydrogens is 214 g/mol. The van der Waals surface area contributed by atoms with Gasteiger partial charge in [0.1, 0.15) is 5.75 Å². The average Bonchev–Trinajstić information content (AvgIpc) is 2.63. The summed E-state index contributed by atoms with van der Waals surface area (Å²) in [6, 6.07) is 5.81. The summed E-state index contributed by atoms with van der Waals surface area (Å²) < 4.78 is 5.75. The van der Waals surface area contributed by atoms with E-state index in [1.807, 2.05) is 32.0 Å². The number of benzene rings is 1. The molecule has 0 bridgehead atoms. The molecule has 1 N–H and O–H groups in total. The molecule has 1 aromatic carbocycles. The molecule has 3 heteroatoms. The van der Waals surface area contributed by atoms with Crippen LogP contribution in [0, 0.1) is 6.92 Å². The summed E-state index contributed by atoms with van der Waals surface area (Å²) in [5.41, 5.74) is 2.59. The van der Waals surface area contributed by atoms with Crippen LogP contribution in [0.3, 0.4) is 0 Å². The lowest BCUT2D eigenvalue weighted by Crippen LogP contribution is -2.09. The van der Waals surface area contributed by atoms with Crippen molar-refractivity contribution in [3.05, 3.63) is 29.5 Å². The molecule has 0 amide bonds. The van der Waals surface area contributed by atoms with Gasteiger partial charge < -0.3 is 9.72 Å². The van der Waals surface area contributed by atoms with Gasteiger partial charge in [-0.3, -0.25) is 4.79 Å². The van der Waals surface area contributed by atoms with E-state index < -0.39 is 0 Å². The van der Waals surface area contributed by atoms with E-state index in [-0.39, 0.29) is 6.10 Å². The van der Waals surface area contributed by atoms with Crippen molar-refractivity contribution in [1.82, 2.24) is 4.98 Å². The molecular formula is C14H17NO2. The number of hydrogen-bond acceptors (Lipinski definition) is 2. The van der Waals surface area contributed by atoms with Gasteiger partial charge >= 0.3 is 0 Å². The standard InChI is InChI=1S/C14H17NO2/c1-4-9(2)17-11-5-6-14-12(7-11)13(8-16)10(3)15-14/h5-9,15H,4H2,1-3H3/t9-/m1/s1. The van der Waals surface area contributed by atoms with Crippen LogP contribution in [0.15, 0.2) is 18.2 Å². The van der Waals surface area contributed by atoms with Crippen LogP contribution in [0.1, 0.15) is 36.3 Å². The number of aryl methyl sites for hydroxylation is 1. The van der Waals surface area contributed by atoms with Crippen molar-refractivity contribution in [3.63, 3.8) is 0 Å². The molecule has 0 spiro atoms. The van der Waals surface area contributed by atoms with Crippen molar-refractivity contribution >= 4 is 17.2 Å². The summed E-state index contributed by atoms with van der Waals surface area (Å²) in [7, 11) is 0. The van der Waals surface area contributed by atoms with E-state index in [0.717, 1.165) is 40.6 Å². The highest BCUT2D eigenvalue weighted by Gasteiger charge is 2.09. The fraction of sp³-hybridized carbons (Fsp3) is 0.357. The molecule has 1 atom stereocenters. The van der Waals surface area contributed by atoms with Gasteiger partial charge in [-0.25, -0.2) is 0 Å². The number of hydrogen-bond donors (Lipinski definition) is 1. The Bertz CT molecular complexity index is 542. The Hall–Kier alpha value is -1.77. The predicted molar refractivity (Wildman–Crippen MR) is 68.8 cm³/mol. The van der Waals surface area contributed by atoms with E-state index in [1.165, 1.54) is 0 Å². The van der Waals surface area contributed by atoms with Crippen LogP contribution < -0.4 is 4.74 Å². The molecule has 3 nitrogen and oxygen atoms in total. The molecule has 0 radical (unpaired) electrons. The molecule has 0 aliphatic heterocycles. The molecule has 0 aliphatic rings. The van der Waals surface area contributed by atoms with Crippen molar-refractivity contribution in [2.75, 3.05) is 0 Å². The van der Waals surface area contributed by atoms with E-state index in [4.69, 9.17) is 4.74 Å². The van der Waals surface area contributed by atoms with E-state index in [2.05, 4.69) is 11.9 Å². The molecule has 0 aliphatic carbocycles. The van der Waals surface area contributed by atoms with Crippen molar-refractivity contribution < 1.29 is 9.53 Å². The maximum Gasteiger partial charge on any atom is 0.152 e. The summed E-state index contributed by atoms with van der Waals surface area (Å²) in [6.45, 7) is 6.02. The molecule has 1 heterocycles. The molecule has 90 valence electrons. The first-order valence-electron chi connectivity index (χ1n) is 5.89. The zero-order chi connectivity index (χ0) is 12.4. The Labute approximate surface area is 101 Å². The molecule has 2 aromatic rings. The number of carbonyl (C=O) groups is 1. The van der Waals surface area contributed by atoms with Gasteiger partial charge in [0.15, 0.2) is 6.29 Å². The van der Waals surface area contributed by atoms with Crippen LogP contribution in [-0.4, -0.2) is 17.4 Å². The number of carbonyl (C=O) groups excluding carboxylic acids is 1. The minimum atomic E-state index is 0.187. The minimum Gasteiger partial charge on any atom is -0.491 e. The molecule has 1 aromatic heterocycles. The Balaban J connectivity index is 2.45. The molecule has 17 heavy (non-hydrogen) atoms. The third kappa shape index (κ3) is 2.18. The molecule has 0 unspecified atom stereocenters. The summed E-state index contributed by atoms with van der Waals surface area (Å²) in [5.74, 6) is 0.814. The average molecular weight is 231 g/mol. The Morgan fingerprint density at radius 1 is 1.47 bits per heavy atom. The molecule has 0 saturated heterocycles. The van der Waals surface area contributed by atoms with Crippen LogP contribution in [0.2, 0.25) is 0 Å². The number of aromatic amines is 1. The fourth-order valence-electron chi connectivity index (χ4n) is 1.87. The number of H-pyrrole nitrogens is 1. The van der Waals surface area contributed by atoms with Gasteiger partial charge in [0, 0.05) is 22.2 Å². The zero-order valence-corrected chi connectivity index (χ0v) is 10.4. The lowest BCUT2D eigenvalue weighted by Gasteiger charge is -2.12. The first kappa shape index (κ1) is 11.7. The van der Waals surface area contributed by atoms with Crippen LogP contribution in [0.5, 0.6) is 5.75 Å². The van der Waals surface area contributed by atoms with Crippen molar-refractivity contribution in [1.29, 1.82) is 0 Å². The SMILES string of the molecule is CC[C@@H](C)Oc1ccc2[nH]c(C)c(C=O)c2c1. The number of fused-ring (bicyclic) bond motifs is 1. The number of ether oxygens (including phenoxy) is 1. The van der Waals surface area contributed by atoms with Gasteiger partial charge in [0.2, 0.25) is 0 Å². The maximum atomic E-state index is 11.0. The first-order chi connectivity index (χ1) is 8.15.